The smallest absolute Gasteiger partial charge is 0.248 e. The maximum atomic E-state index is 12.8. The first-order valence-corrected chi connectivity index (χ1v) is 10.5. The maximum absolute atomic E-state index is 12.8. The van der Waals surface area contributed by atoms with E-state index in [4.69, 9.17) is 9.47 Å². The van der Waals surface area contributed by atoms with Gasteiger partial charge in [0.2, 0.25) is 11.8 Å². The Morgan fingerprint density at radius 2 is 2.04 bits per heavy atom. The molecular formula is C22H32N2O4. The van der Waals surface area contributed by atoms with Gasteiger partial charge in [0.25, 0.3) is 0 Å². The van der Waals surface area contributed by atoms with E-state index in [1.54, 1.807) is 4.90 Å². The number of amides is 2. The lowest BCUT2D eigenvalue weighted by Crippen LogP contribution is -2.44. The van der Waals surface area contributed by atoms with Gasteiger partial charge in [-0.3, -0.25) is 9.59 Å². The van der Waals surface area contributed by atoms with Gasteiger partial charge in [-0.15, -0.1) is 0 Å². The molecule has 1 aromatic carbocycles. The Bertz CT molecular complexity index is 664. The third kappa shape index (κ3) is 5.71. The first-order valence-electron chi connectivity index (χ1n) is 10.5. The molecule has 0 N–H and O–H groups in total. The van der Waals surface area contributed by atoms with Crippen molar-refractivity contribution in [3.63, 3.8) is 0 Å². The lowest BCUT2D eigenvalue weighted by Gasteiger charge is -2.36. The Morgan fingerprint density at radius 3 is 2.89 bits per heavy atom. The molecular weight excluding hydrogens is 356 g/mol. The van der Waals surface area contributed by atoms with E-state index in [0.717, 1.165) is 38.0 Å². The Hall–Kier alpha value is -2.08. The van der Waals surface area contributed by atoms with Gasteiger partial charge in [-0.25, -0.2) is 0 Å². The zero-order chi connectivity index (χ0) is 19.8. The van der Waals surface area contributed by atoms with E-state index in [-0.39, 0.29) is 18.4 Å². The summed E-state index contributed by atoms with van der Waals surface area (Å²) in [5, 5.41) is 0. The number of fused-ring (bicyclic) bond motifs is 3. The van der Waals surface area contributed by atoms with Crippen molar-refractivity contribution in [2.24, 2.45) is 0 Å². The van der Waals surface area contributed by atoms with Crippen molar-refractivity contribution in [1.29, 1.82) is 0 Å². The van der Waals surface area contributed by atoms with E-state index in [9.17, 15) is 9.59 Å². The van der Waals surface area contributed by atoms with Crippen LogP contribution in [0.25, 0.3) is 0 Å². The van der Waals surface area contributed by atoms with Crippen LogP contribution in [-0.2, 0) is 20.7 Å². The van der Waals surface area contributed by atoms with Crippen LogP contribution in [0.4, 0.5) is 0 Å². The molecule has 1 unspecified atom stereocenters. The topological polar surface area (TPSA) is 59.1 Å². The summed E-state index contributed by atoms with van der Waals surface area (Å²) in [7, 11) is 1.52. The Morgan fingerprint density at radius 1 is 1.14 bits per heavy atom. The summed E-state index contributed by atoms with van der Waals surface area (Å²) in [5.74, 6) is 0.999. The summed E-state index contributed by atoms with van der Waals surface area (Å²) in [6, 6.07) is 8.49. The summed E-state index contributed by atoms with van der Waals surface area (Å²) in [6.45, 7) is 2.39. The molecule has 2 aliphatic rings. The molecule has 3 rings (SSSR count). The number of ether oxygens (including phenoxy) is 2. The molecule has 1 fully saturated rings. The predicted molar refractivity (Wildman–Crippen MR) is 107 cm³/mol. The number of benzene rings is 1. The molecule has 1 saturated heterocycles. The minimum atomic E-state index is -0.0625. The molecule has 2 amide bonds. The molecule has 1 atom stereocenters. The largest absolute Gasteiger partial charge is 0.492 e. The van der Waals surface area contributed by atoms with E-state index in [0.29, 0.717) is 38.6 Å². The van der Waals surface area contributed by atoms with Crippen molar-refractivity contribution in [2.75, 3.05) is 40.0 Å². The standard InChI is InChI=1S/C22H32N2O4/c1-27-17-22(26)23-12-5-9-21(25)24-13-3-2-7-19(24)11-10-18-6-4-8-20(16-18)28-15-14-23/h4,6,8,16,19H,2-3,5,7,9-15,17H2,1H3. The molecule has 28 heavy (non-hydrogen) atoms. The molecule has 6 nitrogen and oxygen atoms in total. The highest BCUT2D eigenvalue weighted by molar-refractivity contribution is 5.78. The second-order valence-electron chi connectivity index (χ2n) is 7.69. The first-order chi connectivity index (χ1) is 13.7. The maximum Gasteiger partial charge on any atom is 0.248 e. The van der Waals surface area contributed by atoms with Gasteiger partial charge in [0, 0.05) is 32.7 Å². The monoisotopic (exact) mass is 388 g/mol. The lowest BCUT2D eigenvalue weighted by atomic mass is 9.95. The van der Waals surface area contributed by atoms with E-state index < -0.39 is 0 Å². The number of piperidine rings is 1. The molecule has 0 aliphatic carbocycles. The third-order valence-corrected chi connectivity index (χ3v) is 5.68. The van der Waals surface area contributed by atoms with Gasteiger partial charge in [-0.05, 0) is 56.2 Å². The van der Waals surface area contributed by atoms with E-state index in [1.807, 2.05) is 12.1 Å². The summed E-state index contributed by atoms with van der Waals surface area (Å²) < 4.78 is 10.9. The van der Waals surface area contributed by atoms with Crippen LogP contribution in [0.2, 0.25) is 0 Å². The molecule has 2 aliphatic heterocycles. The second kappa shape index (κ2) is 10.5. The number of hydrogen-bond acceptors (Lipinski definition) is 4. The molecule has 1 aromatic rings. The summed E-state index contributed by atoms with van der Waals surface area (Å²) in [4.78, 5) is 29.0. The highest BCUT2D eigenvalue weighted by atomic mass is 16.5. The summed E-state index contributed by atoms with van der Waals surface area (Å²) in [5.41, 5.74) is 1.23. The molecule has 2 bridgehead atoms. The minimum Gasteiger partial charge on any atom is -0.492 e. The molecule has 0 aromatic heterocycles. The van der Waals surface area contributed by atoms with E-state index >= 15 is 0 Å². The molecule has 0 radical (unpaired) electrons. The van der Waals surface area contributed by atoms with Gasteiger partial charge >= 0.3 is 0 Å². The van der Waals surface area contributed by atoms with Gasteiger partial charge in [0.15, 0.2) is 0 Å². The van der Waals surface area contributed by atoms with Crippen LogP contribution in [0.3, 0.4) is 0 Å². The van der Waals surface area contributed by atoms with Crippen molar-refractivity contribution in [3.8, 4) is 5.75 Å². The van der Waals surface area contributed by atoms with Crippen molar-refractivity contribution in [1.82, 2.24) is 9.80 Å². The molecule has 0 saturated carbocycles. The van der Waals surface area contributed by atoms with Crippen molar-refractivity contribution in [2.45, 2.75) is 51.0 Å². The van der Waals surface area contributed by atoms with Crippen LogP contribution < -0.4 is 4.74 Å². The number of aryl methyl sites for hydroxylation is 1. The van der Waals surface area contributed by atoms with Gasteiger partial charge in [0.1, 0.15) is 19.0 Å². The zero-order valence-corrected chi connectivity index (χ0v) is 16.9. The highest BCUT2D eigenvalue weighted by Crippen LogP contribution is 2.24. The highest BCUT2D eigenvalue weighted by Gasteiger charge is 2.26. The van der Waals surface area contributed by atoms with Gasteiger partial charge in [0.05, 0.1) is 6.54 Å². The van der Waals surface area contributed by atoms with Crippen molar-refractivity contribution in [3.05, 3.63) is 29.8 Å². The lowest BCUT2D eigenvalue weighted by molar-refractivity contribution is -0.138. The number of methoxy groups -OCH3 is 1. The summed E-state index contributed by atoms with van der Waals surface area (Å²) in [6.07, 6.45) is 6.46. The number of carbonyl (C=O) groups is 2. The number of nitrogens with zero attached hydrogens (tertiary/aromatic N) is 2. The first kappa shape index (κ1) is 20.6. The fourth-order valence-electron chi connectivity index (χ4n) is 4.17. The number of carbonyl (C=O) groups excluding carboxylic acids is 2. The van der Waals surface area contributed by atoms with Gasteiger partial charge in [-0.2, -0.15) is 0 Å². The molecule has 0 spiro atoms. The summed E-state index contributed by atoms with van der Waals surface area (Å²) >= 11 is 0. The van der Waals surface area contributed by atoms with Crippen molar-refractivity contribution < 1.29 is 19.1 Å². The average molecular weight is 389 g/mol. The van der Waals surface area contributed by atoms with E-state index in [1.165, 1.54) is 19.1 Å². The van der Waals surface area contributed by atoms with E-state index in [2.05, 4.69) is 17.0 Å². The fourth-order valence-corrected chi connectivity index (χ4v) is 4.17. The van der Waals surface area contributed by atoms with Gasteiger partial charge in [-0.1, -0.05) is 12.1 Å². The second-order valence-corrected chi connectivity index (χ2v) is 7.69. The quantitative estimate of drug-likeness (QED) is 0.782. The average Bonchev–Trinajstić information content (AvgIpc) is 2.71. The van der Waals surface area contributed by atoms with Crippen molar-refractivity contribution >= 4 is 11.8 Å². The number of rotatable bonds is 2. The molecule has 2 heterocycles. The minimum absolute atomic E-state index is 0.0532. The Balaban J connectivity index is 1.74. The Labute approximate surface area is 167 Å². The molecule has 6 heteroatoms. The van der Waals surface area contributed by atoms with Crippen LogP contribution in [0, 0.1) is 0 Å². The fraction of sp³-hybridized carbons (Fsp3) is 0.636. The van der Waals surface area contributed by atoms with Crippen LogP contribution >= 0.6 is 0 Å². The Kier molecular flexibility index (Phi) is 7.71. The van der Waals surface area contributed by atoms with Crippen LogP contribution in [0.15, 0.2) is 24.3 Å². The molecule has 154 valence electrons. The third-order valence-electron chi connectivity index (χ3n) is 5.68. The normalized spacial score (nSPS) is 21.9. The zero-order valence-electron chi connectivity index (χ0n) is 16.9. The van der Waals surface area contributed by atoms with Crippen LogP contribution in [0.5, 0.6) is 5.75 Å². The number of hydrogen-bond donors (Lipinski definition) is 0. The van der Waals surface area contributed by atoms with Gasteiger partial charge < -0.3 is 19.3 Å². The van der Waals surface area contributed by atoms with Crippen LogP contribution in [-0.4, -0.2) is 67.6 Å². The predicted octanol–water partition coefficient (Wildman–Crippen LogP) is 2.65. The SMILES string of the molecule is COCC(=O)N1CCCC(=O)N2CCCCC2CCc2cccc(c2)OCC1. The van der Waals surface area contributed by atoms with Crippen LogP contribution in [0.1, 0.15) is 44.1 Å².